The third-order valence-electron chi connectivity index (χ3n) is 4.86. The molecule has 31 heavy (non-hydrogen) atoms. The van der Waals surface area contributed by atoms with Crippen LogP contribution in [0, 0.1) is 13.8 Å². The van der Waals surface area contributed by atoms with Gasteiger partial charge in [0.05, 0.1) is 31.0 Å². The molecule has 1 unspecified atom stereocenters. The highest BCUT2D eigenvalue weighted by Gasteiger charge is 2.27. The Hall–Kier alpha value is -2.85. The largest absolute Gasteiger partial charge is 0.495 e. The van der Waals surface area contributed by atoms with Gasteiger partial charge in [0.2, 0.25) is 15.8 Å². The quantitative estimate of drug-likeness (QED) is 0.445. The lowest BCUT2D eigenvalue weighted by Gasteiger charge is -2.18. The molecule has 0 aliphatic carbocycles. The first-order valence-corrected chi connectivity index (χ1v) is 11.2. The zero-order valence-corrected chi connectivity index (χ0v) is 19.6. The molecule has 2 rings (SSSR count). The van der Waals surface area contributed by atoms with E-state index in [0.29, 0.717) is 28.2 Å². The maximum atomic E-state index is 13.0. The van der Waals surface area contributed by atoms with E-state index in [0.717, 1.165) is 4.31 Å². The molecule has 0 bridgehead atoms. The number of hydrogen-bond acceptors (Lipinski definition) is 7. The SMILES string of the molecule is CCOC(=O)c1c(C)[nH]c(C(=O)C(C)Nc2ccc(OC)c(S(=O)(=O)N(C)C)c2)c1C. The molecule has 1 aromatic carbocycles. The second-order valence-corrected chi connectivity index (χ2v) is 9.35. The predicted octanol–water partition coefficient (Wildman–Crippen LogP) is 2.75. The number of hydrogen-bond donors (Lipinski definition) is 2. The number of esters is 1. The normalized spacial score (nSPS) is 12.5. The summed E-state index contributed by atoms with van der Waals surface area (Å²) in [5.41, 5.74) is 2.15. The molecule has 0 saturated heterocycles. The highest BCUT2D eigenvalue weighted by Crippen LogP contribution is 2.29. The molecule has 0 saturated carbocycles. The van der Waals surface area contributed by atoms with E-state index in [1.165, 1.54) is 33.3 Å². The number of benzene rings is 1. The number of ether oxygens (including phenoxy) is 2. The number of carbonyl (C=O) groups excluding carboxylic acids is 2. The third kappa shape index (κ3) is 4.91. The highest BCUT2D eigenvalue weighted by molar-refractivity contribution is 7.89. The Kier molecular flexibility index (Phi) is 7.50. The molecule has 0 amide bonds. The van der Waals surface area contributed by atoms with Gasteiger partial charge in [-0.3, -0.25) is 4.79 Å². The van der Waals surface area contributed by atoms with Crippen LogP contribution in [0.4, 0.5) is 5.69 Å². The van der Waals surface area contributed by atoms with Crippen molar-refractivity contribution in [3.05, 3.63) is 40.7 Å². The first kappa shape index (κ1) is 24.4. The minimum absolute atomic E-state index is 0.0128. The van der Waals surface area contributed by atoms with Gasteiger partial charge in [0, 0.05) is 25.5 Å². The number of nitrogens with one attached hydrogen (secondary N) is 2. The van der Waals surface area contributed by atoms with E-state index in [9.17, 15) is 18.0 Å². The Labute approximate surface area is 182 Å². The summed E-state index contributed by atoms with van der Waals surface area (Å²) >= 11 is 0. The van der Waals surface area contributed by atoms with Crippen LogP contribution in [0.2, 0.25) is 0 Å². The Bertz CT molecular complexity index is 1090. The molecule has 170 valence electrons. The molecule has 0 radical (unpaired) electrons. The lowest BCUT2D eigenvalue weighted by atomic mass is 10.0. The van der Waals surface area contributed by atoms with Crippen molar-refractivity contribution in [1.29, 1.82) is 0 Å². The van der Waals surface area contributed by atoms with Crippen molar-refractivity contribution in [2.45, 2.75) is 38.6 Å². The molecule has 0 fully saturated rings. The number of carbonyl (C=O) groups is 2. The topological polar surface area (TPSA) is 118 Å². The first-order chi connectivity index (χ1) is 14.4. The molecule has 2 N–H and O–H groups in total. The van der Waals surface area contributed by atoms with Crippen LogP contribution in [0.5, 0.6) is 5.75 Å². The van der Waals surface area contributed by atoms with E-state index in [1.54, 1.807) is 33.8 Å². The lowest BCUT2D eigenvalue weighted by Crippen LogP contribution is -2.27. The number of Topliss-reactive ketones (excluding diaryl/α,β-unsaturated/α-hetero) is 1. The summed E-state index contributed by atoms with van der Waals surface area (Å²) in [5.74, 6) is -0.556. The van der Waals surface area contributed by atoms with Crippen molar-refractivity contribution in [3.63, 3.8) is 0 Å². The standard InChI is InChI=1S/C21H29N3O6S/c1-8-30-21(26)18-12(2)19(23-13(18)3)20(25)14(4)22-15-9-10-16(29-7)17(11-15)31(27,28)24(5)6/h9-11,14,22-23H,8H2,1-7H3. The average molecular weight is 452 g/mol. The van der Waals surface area contributed by atoms with Crippen molar-refractivity contribution in [3.8, 4) is 5.75 Å². The number of aromatic amines is 1. The minimum Gasteiger partial charge on any atom is -0.495 e. The monoisotopic (exact) mass is 451 g/mol. The molecule has 9 nitrogen and oxygen atoms in total. The van der Waals surface area contributed by atoms with Crippen LogP contribution < -0.4 is 10.1 Å². The number of methoxy groups -OCH3 is 1. The molecule has 1 aromatic heterocycles. The summed E-state index contributed by atoms with van der Waals surface area (Å²) in [7, 11) is 0.499. The Morgan fingerprint density at radius 2 is 1.87 bits per heavy atom. The van der Waals surface area contributed by atoms with Crippen LogP contribution in [-0.4, -0.2) is 63.3 Å². The van der Waals surface area contributed by atoms with Crippen molar-refractivity contribution < 1.29 is 27.5 Å². The Balaban J connectivity index is 2.34. The van der Waals surface area contributed by atoms with Crippen LogP contribution in [0.15, 0.2) is 23.1 Å². The summed E-state index contributed by atoms with van der Waals surface area (Å²) in [6.07, 6.45) is 0. The van der Waals surface area contributed by atoms with E-state index in [1.807, 2.05) is 0 Å². The average Bonchev–Trinajstić information content (AvgIpc) is 3.01. The number of sulfonamides is 1. The Morgan fingerprint density at radius 3 is 2.42 bits per heavy atom. The van der Waals surface area contributed by atoms with Crippen LogP contribution in [-0.2, 0) is 14.8 Å². The second kappa shape index (κ2) is 9.52. The predicted molar refractivity (Wildman–Crippen MR) is 118 cm³/mol. The maximum absolute atomic E-state index is 13.0. The number of nitrogens with zero attached hydrogens (tertiary/aromatic N) is 1. The van der Waals surface area contributed by atoms with Crippen LogP contribution in [0.25, 0.3) is 0 Å². The summed E-state index contributed by atoms with van der Waals surface area (Å²) in [4.78, 5) is 28.2. The molecule has 0 spiro atoms. The molecule has 2 aromatic rings. The van der Waals surface area contributed by atoms with Gasteiger partial charge in [0.15, 0.2) is 0 Å². The number of aromatic nitrogens is 1. The summed E-state index contributed by atoms with van der Waals surface area (Å²) in [6.45, 7) is 7.00. The Morgan fingerprint density at radius 1 is 1.23 bits per heavy atom. The van der Waals surface area contributed by atoms with Crippen molar-refractivity contribution in [2.75, 3.05) is 33.1 Å². The number of aryl methyl sites for hydroxylation is 1. The summed E-state index contributed by atoms with van der Waals surface area (Å²) in [5, 5.41) is 3.03. The van der Waals surface area contributed by atoms with Crippen molar-refractivity contribution in [2.24, 2.45) is 0 Å². The van der Waals surface area contributed by atoms with Crippen molar-refractivity contribution >= 4 is 27.5 Å². The molecule has 0 aliphatic heterocycles. The van der Waals surface area contributed by atoms with E-state index in [4.69, 9.17) is 9.47 Å². The number of ketones is 1. The molecular formula is C21H29N3O6S. The summed E-state index contributed by atoms with van der Waals surface area (Å²) in [6, 6.07) is 3.89. The number of H-pyrrole nitrogens is 1. The lowest BCUT2D eigenvalue weighted by molar-refractivity contribution is 0.0525. The van der Waals surface area contributed by atoms with Gasteiger partial charge in [-0.15, -0.1) is 0 Å². The fourth-order valence-corrected chi connectivity index (χ4v) is 4.28. The van der Waals surface area contributed by atoms with E-state index in [2.05, 4.69) is 10.3 Å². The van der Waals surface area contributed by atoms with Gasteiger partial charge in [-0.05, 0) is 51.5 Å². The van der Waals surface area contributed by atoms with Crippen molar-refractivity contribution in [1.82, 2.24) is 9.29 Å². The van der Waals surface area contributed by atoms with Gasteiger partial charge < -0.3 is 19.8 Å². The fourth-order valence-electron chi connectivity index (χ4n) is 3.20. The van der Waals surface area contributed by atoms with Gasteiger partial charge in [0.25, 0.3) is 0 Å². The zero-order chi connectivity index (χ0) is 23.5. The van der Waals surface area contributed by atoms with Gasteiger partial charge in [0.1, 0.15) is 10.6 Å². The molecular weight excluding hydrogens is 422 g/mol. The molecule has 0 aliphatic rings. The van der Waals surface area contributed by atoms with E-state index < -0.39 is 22.0 Å². The van der Waals surface area contributed by atoms with Crippen LogP contribution >= 0.6 is 0 Å². The molecule has 10 heteroatoms. The number of rotatable bonds is 9. The first-order valence-electron chi connectivity index (χ1n) is 9.73. The fraction of sp³-hybridized carbons (Fsp3) is 0.429. The molecule has 1 atom stereocenters. The zero-order valence-electron chi connectivity index (χ0n) is 18.8. The second-order valence-electron chi connectivity index (χ2n) is 7.23. The van der Waals surface area contributed by atoms with Gasteiger partial charge >= 0.3 is 5.97 Å². The number of anilines is 1. The van der Waals surface area contributed by atoms with Gasteiger partial charge in [-0.2, -0.15) is 0 Å². The third-order valence-corrected chi connectivity index (χ3v) is 6.70. The smallest absolute Gasteiger partial charge is 0.340 e. The highest BCUT2D eigenvalue weighted by atomic mass is 32.2. The van der Waals surface area contributed by atoms with E-state index in [-0.39, 0.29) is 23.0 Å². The van der Waals surface area contributed by atoms with Gasteiger partial charge in [-0.1, -0.05) is 0 Å². The minimum atomic E-state index is -3.75. The van der Waals surface area contributed by atoms with Crippen LogP contribution in [0.3, 0.4) is 0 Å². The van der Waals surface area contributed by atoms with E-state index >= 15 is 0 Å². The van der Waals surface area contributed by atoms with Gasteiger partial charge in [-0.25, -0.2) is 17.5 Å². The summed E-state index contributed by atoms with van der Waals surface area (Å²) < 4.78 is 36.6. The maximum Gasteiger partial charge on any atom is 0.340 e. The molecule has 1 heterocycles. The van der Waals surface area contributed by atoms with Crippen LogP contribution in [0.1, 0.15) is 46.0 Å².